The Balaban J connectivity index is 1.13. The summed E-state index contributed by atoms with van der Waals surface area (Å²) in [6.45, 7) is 3.20. The van der Waals surface area contributed by atoms with Crippen molar-refractivity contribution in [1.29, 1.82) is 5.26 Å². The minimum absolute atomic E-state index is 0.0540. The smallest absolute Gasteiger partial charge is 0.251 e. The Morgan fingerprint density at radius 3 is 2.70 bits per heavy atom. The number of fused-ring (bicyclic) bond motifs is 2. The van der Waals surface area contributed by atoms with E-state index in [1.54, 1.807) is 41.4 Å². The second-order valence-corrected chi connectivity index (χ2v) is 9.27. The van der Waals surface area contributed by atoms with E-state index in [0.29, 0.717) is 29.5 Å². The molecule has 0 unspecified atom stereocenters. The average Bonchev–Trinajstić information content (AvgIpc) is 3.37. The first-order valence-corrected chi connectivity index (χ1v) is 12.4. The molecule has 37 heavy (non-hydrogen) atoms. The van der Waals surface area contributed by atoms with Crippen LogP contribution in [0.1, 0.15) is 30.1 Å². The maximum atomic E-state index is 12.8. The lowest BCUT2D eigenvalue weighted by Gasteiger charge is -2.31. The summed E-state index contributed by atoms with van der Waals surface area (Å²) < 4.78 is 7.66. The van der Waals surface area contributed by atoms with E-state index >= 15 is 0 Å². The van der Waals surface area contributed by atoms with Gasteiger partial charge in [-0.3, -0.25) is 14.8 Å². The van der Waals surface area contributed by atoms with E-state index in [0.717, 1.165) is 60.4 Å². The lowest BCUT2D eigenvalue weighted by Crippen LogP contribution is -2.37. The average molecular weight is 492 g/mol. The van der Waals surface area contributed by atoms with E-state index in [1.165, 1.54) is 0 Å². The molecule has 1 saturated heterocycles. The van der Waals surface area contributed by atoms with Crippen molar-refractivity contribution in [3.05, 3.63) is 88.9 Å². The first-order valence-electron chi connectivity index (χ1n) is 12.4. The highest BCUT2D eigenvalue weighted by Crippen LogP contribution is 2.28. The van der Waals surface area contributed by atoms with E-state index in [4.69, 9.17) is 15.0 Å². The van der Waals surface area contributed by atoms with Gasteiger partial charge in [0.15, 0.2) is 0 Å². The molecular weight excluding hydrogens is 466 g/mol. The van der Waals surface area contributed by atoms with Crippen LogP contribution in [0, 0.1) is 11.3 Å². The zero-order valence-corrected chi connectivity index (χ0v) is 20.2. The number of benzene rings is 1. The SMILES string of the molecule is N#Cc1ccc2nc(C3CCN(CCn4c(=O)ccc5ncc(Oc6cccnc6)cc54)CC3)[nH]c2c1. The van der Waals surface area contributed by atoms with Crippen molar-refractivity contribution >= 4 is 22.1 Å². The Morgan fingerprint density at radius 1 is 1.03 bits per heavy atom. The number of likely N-dealkylation sites (tertiary alicyclic amines) is 1. The fourth-order valence-electron chi connectivity index (χ4n) is 4.94. The van der Waals surface area contributed by atoms with Gasteiger partial charge in [0.2, 0.25) is 0 Å². The number of ether oxygens (including phenoxy) is 1. The van der Waals surface area contributed by atoms with Crippen LogP contribution in [-0.2, 0) is 6.54 Å². The summed E-state index contributed by atoms with van der Waals surface area (Å²) in [4.78, 5) is 31.9. The molecular formula is C28H25N7O2. The van der Waals surface area contributed by atoms with Crippen LogP contribution in [0.3, 0.4) is 0 Å². The number of nitrogens with zero attached hydrogens (tertiary/aromatic N) is 6. The number of piperidine rings is 1. The third-order valence-corrected chi connectivity index (χ3v) is 6.93. The molecule has 0 atom stereocenters. The van der Waals surface area contributed by atoms with Gasteiger partial charge >= 0.3 is 0 Å². The van der Waals surface area contributed by atoms with Gasteiger partial charge in [0, 0.05) is 37.3 Å². The summed E-state index contributed by atoms with van der Waals surface area (Å²) >= 11 is 0. The molecule has 0 aliphatic carbocycles. The number of nitriles is 1. The number of nitrogens with one attached hydrogen (secondary N) is 1. The highest BCUT2D eigenvalue weighted by atomic mass is 16.5. The van der Waals surface area contributed by atoms with Gasteiger partial charge in [-0.2, -0.15) is 5.26 Å². The molecule has 0 amide bonds. The van der Waals surface area contributed by atoms with Gasteiger partial charge in [-0.05, 0) is 62.3 Å². The van der Waals surface area contributed by atoms with Crippen LogP contribution in [-0.4, -0.2) is 49.0 Å². The Morgan fingerprint density at radius 2 is 1.89 bits per heavy atom. The van der Waals surface area contributed by atoms with Crippen molar-refractivity contribution in [2.75, 3.05) is 19.6 Å². The van der Waals surface area contributed by atoms with Crippen molar-refractivity contribution in [3.8, 4) is 17.6 Å². The second-order valence-electron chi connectivity index (χ2n) is 9.27. The van der Waals surface area contributed by atoms with Crippen LogP contribution in [0.15, 0.2) is 71.9 Å². The van der Waals surface area contributed by atoms with Gasteiger partial charge in [0.1, 0.15) is 17.3 Å². The van der Waals surface area contributed by atoms with Gasteiger partial charge in [-0.15, -0.1) is 0 Å². The summed E-state index contributed by atoms with van der Waals surface area (Å²) in [7, 11) is 0. The van der Waals surface area contributed by atoms with Gasteiger partial charge in [0.25, 0.3) is 5.56 Å². The number of hydrogen-bond donors (Lipinski definition) is 1. The molecule has 1 aliphatic rings. The van der Waals surface area contributed by atoms with Crippen LogP contribution in [0.2, 0.25) is 0 Å². The second kappa shape index (κ2) is 9.84. The maximum absolute atomic E-state index is 12.8. The molecule has 9 nitrogen and oxygen atoms in total. The number of aromatic nitrogens is 5. The molecule has 0 spiro atoms. The van der Waals surface area contributed by atoms with Crippen molar-refractivity contribution in [1.82, 2.24) is 29.4 Å². The highest BCUT2D eigenvalue weighted by molar-refractivity contribution is 5.77. The molecule has 4 aromatic heterocycles. The summed E-state index contributed by atoms with van der Waals surface area (Å²) in [5, 5.41) is 9.14. The van der Waals surface area contributed by atoms with Gasteiger partial charge in [0.05, 0.1) is 46.1 Å². The van der Waals surface area contributed by atoms with Crippen molar-refractivity contribution in [3.63, 3.8) is 0 Å². The van der Waals surface area contributed by atoms with Crippen molar-refractivity contribution < 1.29 is 4.74 Å². The number of aromatic amines is 1. The molecule has 1 aromatic carbocycles. The molecule has 1 aliphatic heterocycles. The third kappa shape index (κ3) is 4.79. The quantitative estimate of drug-likeness (QED) is 0.379. The number of imidazole rings is 1. The van der Waals surface area contributed by atoms with Crippen LogP contribution in [0.25, 0.3) is 22.1 Å². The minimum Gasteiger partial charge on any atom is -0.454 e. The van der Waals surface area contributed by atoms with Gasteiger partial charge in [-0.25, -0.2) is 4.98 Å². The third-order valence-electron chi connectivity index (χ3n) is 6.93. The molecule has 0 saturated carbocycles. The molecule has 1 N–H and O–H groups in total. The predicted octanol–water partition coefficient (Wildman–Crippen LogP) is 4.21. The maximum Gasteiger partial charge on any atom is 0.251 e. The topological polar surface area (TPSA) is 113 Å². The van der Waals surface area contributed by atoms with Crippen molar-refractivity contribution in [2.45, 2.75) is 25.3 Å². The number of pyridine rings is 3. The fourth-order valence-corrected chi connectivity index (χ4v) is 4.94. The molecule has 5 heterocycles. The first kappa shape index (κ1) is 22.9. The predicted molar refractivity (Wildman–Crippen MR) is 140 cm³/mol. The Bertz CT molecular complexity index is 1660. The van der Waals surface area contributed by atoms with Crippen LogP contribution in [0.4, 0.5) is 0 Å². The largest absolute Gasteiger partial charge is 0.454 e. The Kier molecular flexibility index (Phi) is 6.08. The van der Waals surface area contributed by atoms with E-state index in [1.807, 2.05) is 30.3 Å². The van der Waals surface area contributed by atoms with Crippen LogP contribution in [0.5, 0.6) is 11.5 Å². The molecule has 5 aromatic rings. The number of H-pyrrole nitrogens is 1. The lowest BCUT2D eigenvalue weighted by molar-refractivity contribution is 0.203. The molecule has 184 valence electrons. The zero-order valence-electron chi connectivity index (χ0n) is 20.2. The minimum atomic E-state index is -0.0540. The number of rotatable bonds is 6. The summed E-state index contributed by atoms with van der Waals surface area (Å²) in [5.74, 6) is 2.52. The first-order chi connectivity index (χ1) is 18.2. The van der Waals surface area contributed by atoms with Gasteiger partial charge in [-0.1, -0.05) is 0 Å². The summed E-state index contributed by atoms with van der Waals surface area (Å²) in [6.07, 6.45) is 6.96. The van der Waals surface area contributed by atoms with Crippen LogP contribution < -0.4 is 10.3 Å². The molecule has 6 rings (SSSR count). The van der Waals surface area contributed by atoms with Crippen molar-refractivity contribution in [2.24, 2.45) is 0 Å². The standard InChI is InChI=1S/C28H25N7O2/c29-16-19-3-4-23-25(14-19)33-28(32-23)20-7-10-34(11-8-20)12-13-35-26-15-22(37-21-2-1-9-30-17-21)18-31-24(26)5-6-27(35)36/h1-6,9,14-15,17-18,20H,7-8,10-13H2,(H,32,33). The fraction of sp³-hybridized carbons (Fsp3) is 0.250. The lowest BCUT2D eigenvalue weighted by atomic mass is 9.96. The van der Waals surface area contributed by atoms with Crippen LogP contribution >= 0.6 is 0 Å². The van der Waals surface area contributed by atoms with E-state index < -0.39 is 0 Å². The summed E-state index contributed by atoms with van der Waals surface area (Å²) in [5.41, 5.74) is 3.89. The highest BCUT2D eigenvalue weighted by Gasteiger charge is 2.23. The molecule has 0 radical (unpaired) electrons. The zero-order chi connectivity index (χ0) is 25.2. The van der Waals surface area contributed by atoms with E-state index in [2.05, 4.69) is 25.9 Å². The molecule has 1 fully saturated rings. The van der Waals surface area contributed by atoms with Gasteiger partial charge < -0.3 is 19.2 Å². The normalized spacial score (nSPS) is 14.7. The van der Waals surface area contributed by atoms with E-state index in [9.17, 15) is 4.79 Å². The summed E-state index contributed by atoms with van der Waals surface area (Å²) in [6, 6.07) is 16.5. The molecule has 9 heteroatoms. The Hall–Kier alpha value is -4.55. The molecule has 0 bridgehead atoms. The number of hydrogen-bond acceptors (Lipinski definition) is 7. The Labute approximate surface area is 213 Å². The van der Waals surface area contributed by atoms with E-state index in [-0.39, 0.29) is 5.56 Å². The monoisotopic (exact) mass is 491 g/mol.